The van der Waals surface area contributed by atoms with E-state index in [1.165, 1.54) is 12.1 Å². The fraction of sp³-hybridized carbons (Fsp3) is 0.211. The van der Waals surface area contributed by atoms with Crippen molar-refractivity contribution in [1.82, 2.24) is 0 Å². The third-order valence-electron chi connectivity index (χ3n) is 3.93. The van der Waals surface area contributed by atoms with Crippen LogP contribution in [0.3, 0.4) is 0 Å². The fourth-order valence-electron chi connectivity index (χ4n) is 2.58. The molecule has 1 atom stereocenters. The molecule has 0 saturated carbocycles. The summed E-state index contributed by atoms with van der Waals surface area (Å²) >= 11 is 12.1. The molecule has 2 aromatic carbocycles. The summed E-state index contributed by atoms with van der Waals surface area (Å²) in [5, 5.41) is 0.188. The number of rotatable bonds is 4. The minimum absolute atomic E-state index is 0.122. The summed E-state index contributed by atoms with van der Waals surface area (Å²) in [5.41, 5.74) is -2.03. The second kappa shape index (κ2) is 8.81. The van der Waals surface area contributed by atoms with Crippen molar-refractivity contribution >= 4 is 55.3 Å². The molecule has 0 fully saturated rings. The molecule has 0 saturated heterocycles. The molecule has 0 spiro atoms. The van der Waals surface area contributed by atoms with Crippen LogP contribution in [0.25, 0.3) is 6.08 Å². The van der Waals surface area contributed by atoms with E-state index < -0.39 is 35.2 Å². The van der Waals surface area contributed by atoms with E-state index in [-0.39, 0.29) is 25.1 Å². The van der Waals surface area contributed by atoms with E-state index >= 15 is 0 Å². The van der Waals surface area contributed by atoms with Crippen LogP contribution in [0, 0.1) is 0 Å². The SMILES string of the molecule is CC(=O)c1ccc(/C=C/C(c2cc(Br)c(Cl)c(Br)c2)C(F)(F)F)cc1C(F)(F)F. The average Bonchev–Trinajstić information content (AvgIpc) is 2.57. The van der Waals surface area contributed by atoms with Crippen LogP contribution < -0.4 is 0 Å². The zero-order valence-corrected chi connectivity index (χ0v) is 18.4. The maximum absolute atomic E-state index is 13.6. The topological polar surface area (TPSA) is 17.1 Å². The van der Waals surface area contributed by atoms with Crippen LogP contribution in [0.2, 0.25) is 5.02 Å². The number of hydrogen-bond acceptors (Lipinski definition) is 1. The highest BCUT2D eigenvalue weighted by Crippen LogP contribution is 2.41. The summed E-state index contributed by atoms with van der Waals surface area (Å²) < 4.78 is 80.7. The van der Waals surface area contributed by atoms with Gasteiger partial charge in [-0.15, -0.1) is 0 Å². The first kappa shape index (κ1) is 24.0. The molecule has 2 aromatic rings. The maximum atomic E-state index is 13.6. The lowest BCUT2D eigenvalue weighted by molar-refractivity contribution is -0.139. The smallest absolute Gasteiger partial charge is 0.294 e. The predicted octanol–water partition coefficient (Wildman–Crippen LogP) is 8.45. The lowest BCUT2D eigenvalue weighted by Gasteiger charge is -2.19. The van der Waals surface area contributed by atoms with Gasteiger partial charge in [-0.05, 0) is 68.1 Å². The number of Topliss-reactive ketones (excluding diaryl/α,β-unsaturated/α-hetero) is 1. The molecule has 0 aliphatic heterocycles. The second-order valence-electron chi connectivity index (χ2n) is 6.04. The monoisotopic (exact) mass is 562 g/mol. The van der Waals surface area contributed by atoms with Gasteiger partial charge in [-0.25, -0.2) is 0 Å². The Morgan fingerprint density at radius 2 is 1.59 bits per heavy atom. The summed E-state index contributed by atoms with van der Waals surface area (Å²) in [5.74, 6) is -2.88. The summed E-state index contributed by atoms with van der Waals surface area (Å²) in [6, 6.07) is 5.13. The molecule has 0 aliphatic rings. The highest BCUT2D eigenvalue weighted by atomic mass is 79.9. The van der Waals surface area contributed by atoms with Crippen molar-refractivity contribution in [3.05, 3.63) is 72.6 Å². The molecular formula is C19H11Br2ClF6O. The number of hydrogen-bond donors (Lipinski definition) is 0. The van der Waals surface area contributed by atoms with Gasteiger partial charge in [0.1, 0.15) is 0 Å². The number of carbonyl (C=O) groups is 1. The van der Waals surface area contributed by atoms with Crippen molar-refractivity contribution in [1.29, 1.82) is 0 Å². The molecule has 1 nitrogen and oxygen atoms in total. The Balaban J connectivity index is 2.52. The minimum Gasteiger partial charge on any atom is -0.294 e. The fourth-order valence-corrected chi connectivity index (χ4v) is 3.91. The van der Waals surface area contributed by atoms with Crippen molar-refractivity contribution in [3.8, 4) is 0 Å². The zero-order chi connectivity index (χ0) is 22.1. The average molecular weight is 565 g/mol. The van der Waals surface area contributed by atoms with Crippen LogP contribution in [0.5, 0.6) is 0 Å². The molecular weight excluding hydrogens is 553 g/mol. The Kier molecular flexibility index (Phi) is 7.28. The summed E-state index contributed by atoms with van der Waals surface area (Å²) in [6.45, 7) is 0.982. The molecule has 0 heterocycles. The Labute approximate surface area is 184 Å². The molecule has 0 radical (unpaired) electrons. The first-order chi connectivity index (χ1) is 13.2. The highest BCUT2D eigenvalue weighted by molar-refractivity contribution is 9.11. The Morgan fingerprint density at radius 1 is 1.03 bits per heavy atom. The van der Waals surface area contributed by atoms with Crippen molar-refractivity contribution in [3.63, 3.8) is 0 Å². The van der Waals surface area contributed by atoms with Gasteiger partial charge in [0.25, 0.3) is 0 Å². The van der Waals surface area contributed by atoms with E-state index in [4.69, 9.17) is 11.6 Å². The molecule has 0 amide bonds. The first-order valence-corrected chi connectivity index (χ1v) is 9.79. The summed E-state index contributed by atoms with van der Waals surface area (Å²) in [6.07, 6.45) is -7.83. The van der Waals surface area contributed by atoms with Crippen LogP contribution in [0.4, 0.5) is 26.3 Å². The van der Waals surface area contributed by atoms with Gasteiger partial charge < -0.3 is 0 Å². The van der Waals surface area contributed by atoms with Gasteiger partial charge in [0.05, 0.1) is 16.5 Å². The van der Waals surface area contributed by atoms with Crippen LogP contribution in [-0.2, 0) is 6.18 Å². The molecule has 29 heavy (non-hydrogen) atoms. The quantitative estimate of drug-likeness (QED) is 0.207. The van der Waals surface area contributed by atoms with Gasteiger partial charge >= 0.3 is 12.4 Å². The van der Waals surface area contributed by atoms with Gasteiger partial charge in [0.2, 0.25) is 0 Å². The van der Waals surface area contributed by atoms with Crippen molar-refractivity contribution < 1.29 is 31.1 Å². The van der Waals surface area contributed by atoms with Crippen LogP contribution >= 0.6 is 43.5 Å². The largest absolute Gasteiger partial charge is 0.417 e. The third kappa shape index (κ3) is 5.86. The first-order valence-electron chi connectivity index (χ1n) is 7.83. The number of carbonyl (C=O) groups excluding carboxylic acids is 1. The van der Waals surface area contributed by atoms with E-state index in [1.54, 1.807) is 0 Å². The third-order valence-corrected chi connectivity index (χ3v) is 6.04. The second-order valence-corrected chi connectivity index (χ2v) is 8.12. The van der Waals surface area contributed by atoms with E-state index in [0.717, 1.165) is 31.2 Å². The Bertz CT molecular complexity index is 943. The number of ketones is 1. The van der Waals surface area contributed by atoms with Gasteiger partial charge in [-0.3, -0.25) is 4.79 Å². The minimum atomic E-state index is -4.82. The standard InChI is InChI=1S/C19H11Br2ClF6O/c1-9(29)12-4-2-10(6-14(12)19(26,27)28)3-5-13(18(23,24)25)11-7-15(20)17(22)16(21)8-11/h2-8,13H,1H3/b5-3+. The van der Waals surface area contributed by atoms with Crippen LogP contribution in [0.1, 0.15) is 39.9 Å². The van der Waals surface area contributed by atoms with Gasteiger partial charge in [0.15, 0.2) is 5.78 Å². The molecule has 0 bridgehead atoms. The summed E-state index contributed by atoms with van der Waals surface area (Å²) in [4.78, 5) is 11.4. The lowest BCUT2D eigenvalue weighted by atomic mass is 9.96. The molecule has 2 rings (SSSR count). The molecule has 10 heteroatoms. The zero-order valence-electron chi connectivity index (χ0n) is 14.4. The number of alkyl halides is 6. The Morgan fingerprint density at radius 3 is 2.03 bits per heavy atom. The molecule has 0 N–H and O–H groups in total. The Hall–Kier alpha value is -1.32. The maximum Gasteiger partial charge on any atom is 0.417 e. The van der Waals surface area contributed by atoms with Crippen molar-refractivity contribution in [2.24, 2.45) is 0 Å². The van der Waals surface area contributed by atoms with Crippen molar-refractivity contribution in [2.45, 2.75) is 25.2 Å². The van der Waals surface area contributed by atoms with Gasteiger partial charge in [0, 0.05) is 14.5 Å². The predicted molar refractivity (Wildman–Crippen MR) is 106 cm³/mol. The van der Waals surface area contributed by atoms with E-state index in [0.29, 0.717) is 6.07 Å². The van der Waals surface area contributed by atoms with Crippen molar-refractivity contribution in [2.75, 3.05) is 0 Å². The molecule has 0 aliphatic carbocycles. The van der Waals surface area contributed by atoms with Gasteiger partial charge in [-0.1, -0.05) is 35.9 Å². The van der Waals surface area contributed by atoms with E-state index in [1.807, 2.05) is 0 Å². The van der Waals surface area contributed by atoms with Gasteiger partial charge in [-0.2, -0.15) is 26.3 Å². The lowest BCUT2D eigenvalue weighted by Crippen LogP contribution is -2.19. The van der Waals surface area contributed by atoms with E-state index in [2.05, 4.69) is 31.9 Å². The number of halogens is 9. The summed E-state index contributed by atoms with van der Waals surface area (Å²) in [7, 11) is 0. The number of allylic oxidation sites excluding steroid dienone is 1. The molecule has 0 aromatic heterocycles. The van der Waals surface area contributed by atoms with E-state index in [9.17, 15) is 31.1 Å². The molecule has 156 valence electrons. The van der Waals surface area contributed by atoms with Crippen LogP contribution in [0.15, 0.2) is 45.4 Å². The van der Waals surface area contributed by atoms with Crippen LogP contribution in [-0.4, -0.2) is 12.0 Å². The normalized spacial score (nSPS) is 13.7. The number of benzene rings is 2. The molecule has 1 unspecified atom stereocenters. The highest BCUT2D eigenvalue weighted by Gasteiger charge is 2.39.